The van der Waals surface area contributed by atoms with Crippen molar-refractivity contribution in [3.05, 3.63) is 48.2 Å². The highest BCUT2D eigenvalue weighted by Crippen LogP contribution is 2.22. The van der Waals surface area contributed by atoms with E-state index in [1.54, 1.807) is 12.1 Å². The lowest BCUT2D eigenvalue weighted by Crippen LogP contribution is -1.79. The van der Waals surface area contributed by atoms with Crippen LogP contribution >= 0.6 is 0 Å². The van der Waals surface area contributed by atoms with Crippen LogP contribution < -0.4 is 4.74 Å². The number of carbonyl (C=O) groups excluding carboxylic acids is 1. The van der Waals surface area contributed by atoms with Gasteiger partial charge in [0.05, 0.1) is 0 Å². The van der Waals surface area contributed by atoms with Crippen LogP contribution in [0.15, 0.2) is 46.9 Å². The van der Waals surface area contributed by atoms with Crippen LogP contribution in [0.1, 0.15) is 10.6 Å². The van der Waals surface area contributed by atoms with Crippen molar-refractivity contribution in [1.29, 1.82) is 0 Å². The molecule has 0 saturated heterocycles. The fourth-order valence-electron chi connectivity index (χ4n) is 1.06. The first-order valence-electron chi connectivity index (χ1n) is 4.16. The summed E-state index contributed by atoms with van der Waals surface area (Å²) in [5, 5.41) is 0. The molecular weight excluding hydrogens is 180 g/mol. The topological polar surface area (TPSA) is 39.4 Å². The largest absolute Gasteiger partial charge is 0.426 e. The highest BCUT2D eigenvalue weighted by Gasteiger charge is 2.02. The normalized spacial score (nSPS) is 9.71. The van der Waals surface area contributed by atoms with Gasteiger partial charge in [-0.15, -0.1) is 0 Å². The Bertz CT molecular complexity index is 417. The molecule has 0 bridgehead atoms. The smallest absolute Gasteiger partial charge is 0.290 e. The molecule has 0 N–H and O–H groups in total. The molecule has 0 amide bonds. The predicted molar refractivity (Wildman–Crippen MR) is 50.6 cm³/mol. The van der Waals surface area contributed by atoms with Crippen LogP contribution in [0.2, 0.25) is 0 Å². The van der Waals surface area contributed by atoms with E-state index < -0.39 is 0 Å². The number of para-hydroxylation sites is 1. The first kappa shape index (κ1) is 8.56. The third-order valence-corrected chi connectivity index (χ3v) is 1.68. The number of hydrogen-bond acceptors (Lipinski definition) is 3. The summed E-state index contributed by atoms with van der Waals surface area (Å²) in [4.78, 5) is 10.3. The number of rotatable bonds is 3. The van der Waals surface area contributed by atoms with E-state index in [4.69, 9.17) is 9.15 Å². The number of ether oxygens (including phenoxy) is 1. The second-order valence-corrected chi connectivity index (χ2v) is 2.69. The fraction of sp³-hybridized carbons (Fsp3) is 0. The van der Waals surface area contributed by atoms with Gasteiger partial charge in [-0.2, -0.15) is 0 Å². The minimum Gasteiger partial charge on any atom is -0.426 e. The number of aldehydes is 1. The van der Waals surface area contributed by atoms with Gasteiger partial charge in [-0.3, -0.25) is 4.79 Å². The van der Waals surface area contributed by atoms with Crippen LogP contribution in [0.4, 0.5) is 0 Å². The molecule has 0 aliphatic heterocycles. The minimum atomic E-state index is 0.260. The van der Waals surface area contributed by atoms with Gasteiger partial charge in [-0.1, -0.05) is 18.2 Å². The first-order chi connectivity index (χ1) is 6.88. The Kier molecular flexibility index (Phi) is 2.32. The third-order valence-electron chi connectivity index (χ3n) is 1.68. The molecule has 0 unspecified atom stereocenters. The van der Waals surface area contributed by atoms with Crippen molar-refractivity contribution in [2.75, 3.05) is 0 Å². The summed E-state index contributed by atoms with van der Waals surface area (Å²) in [5.41, 5.74) is 0. The zero-order valence-corrected chi connectivity index (χ0v) is 7.34. The molecule has 0 radical (unpaired) electrons. The van der Waals surface area contributed by atoms with E-state index in [2.05, 4.69) is 0 Å². The van der Waals surface area contributed by atoms with Crippen LogP contribution in [-0.2, 0) is 0 Å². The summed E-state index contributed by atoms with van der Waals surface area (Å²) in [6, 6.07) is 12.4. The van der Waals surface area contributed by atoms with Gasteiger partial charge in [-0.25, -0.2) is 0 Å². The van der Waals surface area contributed by atoms with Crippen LogP contribution in [0, 0.1) is 0 Å². The zero-order chi connectivity index (χ0) is 9.80. The lowest BCUT2D eigenvalue weighted by Gasteiger charge is -1.99. The Morgan fingerprint density at radius 2 is 1.86 bits per heavy atom. The third kappa shape index (κ3) is 1.82. The molecule has 0 aliphatic rings. The zero-order valence-electron chi connectivity index (χ0n) is 7.34. The van der Waals surface area contributed by atoms with E-state index in [0.29, 0.717) is 18.0 Å². The maximum Gasteiger partial charge on any atom is 0.290 e. The molecule has 2 aromatic rings. The molecule has 2 rings (SSSR count). The second kappa shape index (κ2) is 3.79. The highest BCUT2D eigenvalue weighted by molar-refractivity contribution is 5.70. The first-order valence-corrected chi connectivity index (χ1v) is 4.16. The van der Waals surface area contributed by atoms with Crippen LogP contribution in [0.5, 0.6) is 11.7 Å². The average molecular weight is 188 g/mol. The number of carbonyl (C=O) groups is 1. The van der Waals surface area contributed by atoms with Gasteiger partial charge < -0.3 is 9.15 Å². The molecular formula is C11H8O3. The molecule has 3 heteroatoms. The lowest BCUT2D eigenvalue weighted by molar-refractivity contribution is 0.109. The SMILES string of the molecule is O=Cc1ccc(Oc2ccccc2)o1. The summed E-state index contributed by atoms with van der Waals surface area (Å²) in [5.74, 6) is 1.26. The molecule has 0 atom stereocenters. The van der Waals surface area contributed by atoms with Crippen molar-refractivity contribution in [2.45, 2.75) is 0 Å². The molecule has 0 aliphatic carbocycles. The molecule has 0 spiro atoms. The Hall–Kier alpha value is -2.03. The van der Waals surface area contributed by atoms with E-state index in [9.17, 15) is 4.79 Å². The van der Waals surface area contributed by atoms with Gasteiger partial charge in [0, 0.05) is 6.07 Å². The van der Waals surface area contributed by atoms with Gasteiger partial charge in [-0.05, 0) is 18.2 Å². The average Bonchev–Trinajstić information content (AvgIpc) is 2.67. The number of hydrogen-bond donors (Lipinski definition) is 0. The van der Waals surface area contributed by atoms with Crippen molar-refractivity contribution >= 4 is 6.29 Å². The minimum absolute atomic E-state index is 0.260. The maximum atomic E-state index is 10.3. The van der Waals surface area contributed by atoms with Crippen LogP contribution in [0.3, 0.4) is 0 Å². The summed E-state index contributed by atoms with van der Waals surface area (Å²) in [6.45, 7) is 0. The Morgan fingerprint density at radius 1 is 1.07 bits per heavy atom. The van der Waals surface area contributed by atoms with Crippen molar-refractivity contribution in [1.82, 2.24) is 0 Å². The van der Waals surface area contributed by atoms with Crippen molar-refractivity contribution < 1.29 is 13.9 Å². The number of furan rings is 1. The van der Waals surface area contributed by atoms with Crippen LogP contribution in [-0.4, -0.2) is 6.29 Å². The molecule has 14 heavy (non-hydrogen) atoms. The van der Waals surface area contributed by atoms with E-state index in [1.807, 2.05) is 30.3 Å². The van der Waals surface area contributed by atoms with E-state index in [-0.39, 0.29) is 5.76 Å². The monoisotopic (exact) mass is 188 g/mol. The molecule has 1 heterocycles. The predicted octanol–water partition coefficient (Wildman–Crippen LogP) is 2.88. The summed E-state index contributed by atoms with van der Waals surface area (Å²) in [7, 11) is 0. The standard InChI is InChI=1S/C11H8O3/c12-8-10-6-7-11(14-10)13-9-4-2-1-3-5-9/h1-8H. The molecule has 70 valence electrons. The van der Waals surface area contributed by atoms with Gasteiger partial charge in [0.25, 0.3) is 5.95 Å². The molecule has 0 saturated carbocycles. The highest BCUT2D eigenvalue weighted by atomic mass is 16.6. The molecule has 1 aromatic heterocycles. The number of benzene rings is 1. The fourth-order valence-corrected chi connectivity index (χ4v) is 1.06. The van der Waals surface area contributed by atoms with Crippen molar-refractivity contribution in [2.24, 2.45) is 0 Å². The Morgan fingerprint density at radius 3 is 2.50 bits per heavy atom. The summed E-state index contributed by atoms with van der Waals surface area (Å²) in [6.07, 6.45) is 0.637. The van der Waals surface area contributed by atoms with E-state index in [1.165, 1.54) is 0 Å². The van der Waals surface area contributed by atoms with Gasteiger partial charge in [0.1, 0.15) is 5.75 Å². The van der Waals surface area contributed by atoms with Gasteiger partial charge >= 0.3 is 0 Å². The Labute approximate surface area is 80.9 Å². The second-order valence-electron chi connectivity index (χ2n) is 2.69. The molecule has 3 nitrogen and oxygen atoms in total. The van der Waals surface area contributed by atoms with Gasteiger partial charge in [0.15, 0.2) is 12.0 Å². The Balaban J connectivity index is 2.15. The molecule has 0 fully saturated rings. The van der Waals surface area contributed by atoms with Crippen molar-refractivity contribution in [3.63, 3.8) is 0 Å². The van der Waals surface area contributed by atoms with Crippen LogP contribution in [0.25, 0.3) is 0 Å². The summed E-state index contributed by atoms with van der Waals surface area (Å²) >= 11 is 0. The van der Waals surface area contributed by atoms with E-state index in [0.717, 1.165) is 0 Å². The van der Waals surface area contributed by atoms with E-state index >= 15 is 0 Å². The van der Waals surface area contributed by atoms with Gasteiger partial charge in [0.2, 0.25) is 0 Å². The lowest BCUT2D eigenvalue weighted by atomic mass is 10.3. The maximum absolute atomic E-state index is 10.3. The van der Waals surface area contributed by atoms with Crippen molar-refractivity contribution in [3.8, 4) is 11.7 Å². The molecule has 1 aromatic carbocycles. The summed E-state index contributed by atoms with van der Waals surface area (Å²) < 4.78 is 10.4. The quantitative estimate of drug-likeness (QED) is 0.695.